The SMILES string of the molecule is Cc1ccc(S(=O)(=O)Nc2ccc(-c3ncc[nH]3)cc2)s1. The zero-order chi connectivity index (χ0) is 14.9. The molecule has 3 aromatic rings. The van der Waals surface area contributed by atoms with Gasteiger partial charge in [-0.2, -0.15) is 0 Å². The molecule has 0 saturated heterocycles. The smallest absolute Gasteiger partial charge is 0.271 e. The molecule has 1 aromatic carbocycles. The van der Waals surface area contributed by atoms with Crippen LogP contribution in [0.25, 0.3) is 11.4 Å². The molecule has 0 radical (unpaired) electrons. The minimum absolute atomic E-state index is 0.315. The van der Waals surface area contributed by atoms with Gasteiger partial charge in [0, 0.05) is 28.5 Å². The molecule has 21 heavy (non-hydrogen) atoms. The summed E-state index contributed by atoms with van der Waals surface area (Å²) in [5.41, 5.74) is 1.42. The monoisotopic (exact) mass is 319 g/mol. The first-order valence-corrected chi connectivity index (χ1v) is 8.54. The molecule has 0 amide bonds. The maximum absolute atomic E-state index is 12.2. The Morgan fingerprint density at radius 2 is 1.90 bits per heavy atom. The molecule has 2 heterocycles. The van der Waals surface area contributed by atoms with Gasteiger partial charge in [0.25, 0.3) is 10.0 Å². The number of anilines is 1. The Morgan fingerprint density at radius 1 is 1.14 bits per heavy atom. The van der Waals surface area contributed by atoms with Crippen LogP contribution in [0.2, 0.25) is 0 Å². The summed E-state index contributed by atoms with van der Waals surface area (Å²) in [5.74, 6) is 0.748. The van der Waals surface area contributed by atoms with Gasteiger partial charge in [-0.3, -0.25) is 4.72 Å². The van der Waals surface area contributed by atoms with E-state index in [-0.39, 0.29) is 0 Å². The van der Waals surface area contributed by atoms with E-state index >= 15 is 0 Å². The van der Waals surface area contributed by atoms with Gasteiger partial charge in [0.2, 0.25) is 0 Å². The lowest BCUT2D eigenvalue weighted by Crippen LogP contribution is -2.11. The number of H-pyrrole nitrogens is 1. The predicted molar refractivity (Wildman–Crippen MR) is 83.9 cm³/mol. The standard InChI is InChI=1S/C14H13N3O2S2/c1-10-2-7-13(20-10)21(18,19)17-12-5-3-11(4-6-12)14-15-8-9-16-14/h2-9,17H,1H3,(H,15,16). The van der Waals surface area contributed by atoms with Crippen molar-refractivity contribution in [3.63, 3.8) is 0 Å². The van der Waals surface area contributed by atoms with E-state index in [1.54, 1.807) is 36.7 Å². The van der Waals surface area contributed by atoms with Crippen molar-refractivity contribution in [1.82, 2.24) is 9.97 Å². The van der Waals surface area contributed by atoms with E-state index in [4.69, 9.17) is 0 Å². The Morgan fingerprint density at radius 3 is 2.48 bits per heavy atom. The van der Waals surface area contributed by atoms with Gasteiger partial charge in [0.1, 0.15) is 10.0 Å². The second-order valence-electron chi connectivity index (χ2n) is 4.49. The topological polar surface area (TPSA) is 74.8 Å². The minimum Gasteiger partial charge on any atom is -0.345 e. The van der Waals surface area contributed by atoms with E-state index < -0.39 is 10.0 Å². The number of hydrogen-bond donors (Lipinski definition) is 2. The lowest BCUT2D eigenvalue weighted by atomic mass is 10.2. The van der Waals surface area contributed by atoms with Crippen LogP contribution in [0.5, 0.6) is 0 Å². The van der Waals surface area contributed by atoms with Gasteiger partial charge in [-0.15, -0.1) is 11.3 Å². The summed E-state index contributed by atoms with van der Waals surface area (Å²) in [6.45, 7) is 1.88. The largest absolute Gasteiger partial charge is 0.345 e. The highest BCUT2D eigenvalue weighted by atomic mass is 32.2. The van der Waals surface area contributed by atoms with Gasteiger partial charge in [-0.05, 0) is 43.3 Å². The highest BCUT2D eigenvalue weighted by Crippen LogP contribution is 2.24. The molecule has 108 valence electrons. The third kappa shape index (κ3) is 2.98. The zero-order valence-corrected chi connectivity index (χ0v) is 12.8. The third-order valence-corrected chi connectivity index (χ3v) is 5.76. The third-order valence-electron chi connectivity index (χ3n) is 2.89. The van der Waals surface area contributed by atoms with E-state index in [1.807, 2.05) is 19.1 Å². The number of rotatable bonds is 4. The van der Waals surface area contributed by atoms with Crippen molar-refractivity contribution < 1.29 is 8.42 Å². The van der Waals surface area contributed by atoms with Gasteiger partial charge in [-0.1, -0.05) is 0 Å². The van der Waals surface area contributed by atoms with Crippen LogP contribution >= 0.6 is 11.3 Å². The molecule has 0 aliphatic rings. The summed E-state index contributed by atoms with van der Waals surface area (Å²) >= 11 is 1.25. The van der Waals surface area contributed by atoms with Crippen LogP contribution in [0.1, 0.15) is 4.88 Å². The van der Waals surface area contributed by atoms with Gasteiger partial charge in [0.15, 0.2) is 0 Å². The van der Waals surface area contributed by atoms with Crippen molar-refractivity contribution in [1.29, 1.82) is 0 Å². The summed E-state index contributed by atoms with van der Waals surface area (Å²) in [4.78, 5) is 8.11. The Kier molecular flexibility index (Phi) is 3.52. The summed E-state index contributed by atoms with van der Waals surface area (Å²) < 4.78 is 27.3. The normalized spacial score (nSPS) is 11.5. The van der Waals surface area contributed by atoms with Crippen molar-refractivity contribution in [3.8, 4) is 11.4 Å². The maximum Gasteiger partial charge on any atom is 0.271 e. The average molecular weight is 319 g/mol. The van der Waals surface area contributed by atoms with E-state index in [0.29, 0.717) is 9.90 Å². The number of hydrogen-bond acceptors (Lipinski definition) is 4. The van der Waals surface area contributed by atoms with E-state index in [1.165, 1.54) is 11.3 Å². The molecule has 2 N–H and O–H groups in total. The Balaban J connectivity index is 1.82. The molecule has 0 saturated carbocycles. The van der Waals surface area contributed by atoms with E-state index in [0.717, 1.165) is 16.3 Å². The number of nitrogens with one attached hydrogen (secondary N) is 2. The van der Waals surface area contributed by atoms with Crippen molar-refractivity contribution in [2.24, 2.45) is 0 Å². The maximum atomic E-state index is 12.2. The van der Waals surface area contributed by atoms with Crippen LogP contribution in [-0.4, -0.2) is 18.4 Å². The van der Waals surface area contributed by atoms with Crippen molar-refractivity contribution in [2.75, 3.05) is 4.72 Å². The Hall–Kier alpha value is -2.12. The molecule has 0 aliphatic carbocycles. The fraction of sp³-hybridized carbons (Fsp3) is 0.0714. The number of aromatic nitrogens is 2. The number of benzene rings is 1. The fourth-order valence-electron chi connectivity index (χ4n) is 1.88. The summed E-state index contributed by atoms with van der Waals surface area (Å²) in [5, 5.41) is 0. The van der Waals surface area contributed by atoms with Crippen LogP contribution in [-0.2, 0) is 10.0 Å². The lowest BCUT2D eigenvalue weighted by molar-refractivity contribution is 0.603. The van der Waals surface area contributed by atoms with Crippen LogP contribution in [0.15, 0.2) is 53.0 Å². The number of sulfonamides is 1. The summed E-state index contributed by atoms with van der Waals surface area (Å²) in [6, 6.07) is 10.5. The first-order chi connectivity index (χ1) is 10.0. The second kappa shape index (κ2) is 5.34. The number of thiophene rings is 1. The highest BCUT2D eigenvalue weighted by molar-refractivity contribution is 7.94. The summed E-state index contributed by atoms with van der Waals surface area (Å²) in [6.07, 6.45) is 3.41. The molecule has 7 heteroatoms. The Labute approximate surface area is 126 Å². The number of imidazole rings is 1. The molecular formula is C14H13N3O2S2. The molecule has 0 fully saturated rings. The highest BCUT2D eigenvalue weighted by Gasteiger charge is 2.16. The molecule has 0 atom stereocenters. The molecule has 5 nitrogen and oxygen atoms in total. The molecule has 0 aliphatic heterocycles. The van der Waals surface area contributed by atoms with Gasteiger partial charge in [-0.25, -0.2) is 13.4 Å². The zero-order valence-electron chi connectivity index (χ0n) is 11.2. The minimum atomic E-state index is -3.51. The number of aryl methyl sites for hydroxylation is 1. The van der Waals surface area contributed by atoms with Crippen LogP contribution in [0.3, 0.4) is 0 Å². The molecule has 0 spiro atoms. The lowest BCUT2D eigenvalue weighted by Gasteiger charge is -2.06. The Bertz CT molecular complexity index is 835. The van der Waals surface area contributed by atoms with Crippen molar-refractivity contribution in [2.45, 2.75) is 11.1 Å². The molecule has 0 unspecified atom stereocenters. The molecule has 3 rings (SSSR count). The second-order valence-corrected chi connectivity index (χ2v) is 7.68. The van der Waals surface area contributed by atoms with E-state index in [9.17, 15) is 8.42 Å². The van der Waals surface area contributed by atoms with Gasteiger partial charge in [0.05, 0.1) is 0 Å². The summed E-state index contributed by atoms with van der Waals surface area (Å²) in [7, 11) is -3.51. The molecular weight excluding hydrogens is 306 g/mol. The van der Waals surface area contributed by atoms with Gasteiger partial charge >= 0.3 is 0 Å². The first kappa shape index (κ1) is 13.8. The number of nitrogens with zero attached hydrogens (tertiary/aromatic N) is 1. The van der Waals surface area contributed by atoms with Crippen LogP contribution in [0.4, 0.5) is 5.69 Å². The predicted octanol–water partition coefficient (Wildman–Crippen LogP) is 3.25. The molecule has 2 aromatic heterocycles. The quantitative estimate of drug-likeness (QED) is 0.775. The molecule has 0 bridgehead atoms. The van der Waals surface area contributed by atoms with Gasteiger partial charge < -0.3 is 4.98 Å². The van der Waals surface area contributed by atoms with Crippen molar-refractivity contribution in [3.05, 3.63) is 53.7 Å². The first-order valence-electron chi connectivity index (χ1n) is 6.24. The van der Waals surface area contributed by atoms with E-state index in [2.05, 4.69) is 14.7 Å². The fourth-order valence-corrected chi connectivity index (χ4v) is 4.22. The van der Waals surface area contributed by atoms with Crippen molar-refractivity contribution >= 4 is 27.0 Å². The number of aromatic amines is 1. The van der Waals surface area contributed by atoms with Crippen LogP contribution < -0.4 is 4.72 Å². The average Bonchev–Trinajstić information content (AvgIpc) is 3.10. The van der Waals surface area contributed by atoms with Crippen LogP contribution in [0, 0.1) is 6.92 Å².